The summed E-state index contributed by atoms with van der Waals surface area (Å²) in [5.74, 6) is 0. The van der Waals surface area contributed by atoms with Crippen molar-refractivity contribution in [3.8, 4) is 0 Å². The Bertz CT molecular complexity index is 495. The third kappa shape index (κ3) is 3.24. The molecule has 1 aromatic carbocycles. The lowest BCUT2D eigenvalue weighted by Gasteiger charge is -2.44. The average Bonchev–Trinajstić information content (AvgIpc) is 2.79. The van der Waals surface area contributed by atoms with Crippen molar-refractivity contribution in [2.24, 2.45) is 0 Å². The van der Waals surface area contributed by atoms with Gasteiger partial charge in [0.25, 0.3) is 0 Å². The molecule has 1 spiro atoms. The quantitative estimate of drug-likeness (QED) is 0.892. The van der Waals surface area contributed by atoms with Crippen molar-refractivity contribution < 1.29 is 13.2 Å². The maximum absolute atomic E-state index is 12.6. The Labute approximate surface area is 123 Å². The van der Waals surface area contributed by atoms with Gasteiger partial charge in [-0.05, 0) is 43.4 Å². The predicted molar refractivity (Wildman–Crippen MR) is 76.0 cm³/mol. The second kappa shape index (κ2) is 5.61. The molecule has 1 saturated carbocycles. The molecule has 0 radical (unpaired) electrons. The Kier molecular flexibility index (Phi) is 3.97. The molecular weight excluding hydrogens is 277 g/mol. The summed E-state index contributed by atoms with van der Waals surface area (Å²) >= 11 is 0. The van der Waals surface area contributed by atoms with Crippen LogP contribution in [0.25, 0.3) is 0 Å². The number of alkyl halides is 3. The van der Waals surface area contributed by atoms with Gasteiger partial charge in [-0.3, -0.25) is 0 Å². The summed E-state index contributed by atoms with van der Waals surface area (Å²) in [5, 5.41) is 7.05. The smallest absolute Gasteiger partial charge is 0.310 e. The zero-order chi connectivity index (χ0) is 14.9. The predicted octanol–water partition coefficient (Wildman–Crippen LogP) is 3.17. The molecule has 2 aliphatic rings. The number of benzene rings is 1. The summed E-state index contributed by atoms with van der Waals surface area (Å²) in [7, 11) is 0. The zero-order valence-corrected chi connectivity index (χ0v) is 12.0. The molecule has 2 nitrogen and oxygen atoms in total. The van der Waals surface area contributed by atoms with Crippen LogP contribution in [0.3, 0.4) is 0 Å². The molecule has 0 bridgehead atoms. The number of halogens is 3. The highest BCUT2D eigenvalue weighted by Gasteiger charge is 2.46. The van der Waals surface area contributed by atoms with Gasteiger partial charge in [-0.25, -0.2) is 0 Å². The maximum Gasteiger partial charge on any atom is 0.393 e. The second-order valence-electron chi connectivity index (χ2n) is 6.22. The lowest BCUT2D eigenvalue weighted by atomic mass is 9.73. The number of hydrogen-bond donors (Lipinski definition) is 2. The fourth-order valence-electron chi connectivity index (χ4n) is 3.60. The van der Waals surface area contributed by atoms with Crippen molar-refractivity contribution >= 4 is 0 Å². The van der Waals surface area contributed by atoms with E-state index in [2.05, 4.69) is 10.6 Å². The van der Waals surface area contributed by atoms with Crippen LogP contribution in [0.5, 0.6) is 0 Å². The summed E-state index contributed by atoms with van der Waals surface area (Å²) in [4.78, 5) is 0. The van der Waals surface area contributed by atoms with E-state index in [1.807, 2.05) is 6.07 Å². The molecule has 116 valence electrons. The molecule has 1 aliphatic carbocycles. The molecule has 1 heterocycles. The molecule has 0 aromatic heterocycles. The first-order valence-electron chi connectivity index (χ1n) is 7.60. The van der Waals surface area contributed by atoms with Crippen molar-refractivity contribution in [2.75, 3.05) is 6.54 Å². The lowest BCUT2D eigenvalue weighted by molar-refractivity contribution is -0.127. The van der Waals surface area contributed by atoms with Crippen LogP contribution in [-0.4, -0.2) is 24.3 Å². The number of rotatable bonds is 4. The van der Waals surface area contributed by atoms with Crippen LogP contribution >= 0.6 is 0 Å². The van der Waals surface area contributed by atoms with Crippen LogP contribution in [0.2, 0.25) is 0 Å². The average molecular weight is 298 g/mol. The molecular formula is C16H21F3N2. The monoisotopic (exact) mass is 298 g/mol. The van der Waals surface area contributed by atoms with Gasteiger partial charge in [-0.2, -0.15) is 13.2 Å². The van der Waals surface area contributed by atoms with E-state index in [0.717, 1.165) is 18.5 Å². The second-order valence-corrected chi connectivity index (χ2v) is 6.22. The van der Waals surface area contributed by atoms with Crippen LogP contribution in [-0.2, 0) is 13.0 Å². The van der Waals surface area contributed by atoms with Gasteiger partial charge in [0.2, 0.25) is 0 Å². The molecule has 1 unspecified atom stereocenters. The largest absolute Gasteiger partial charge is 0.393 e. The standard InChI is InChI=1S/C16H21F3N2/c17-16(18,19)10-12-4-1-2-5-13(12)11-20-14-6-9-21-15(14)7-3-8-15/h1-2,4-5,14,20-21H,3,6-11H2. The molecule has 3 rings (SSSR count). The summed E-state index contributed by atoms with van der Waals surface area (Å²) in [6.45, 7) is 1.52. The molecule has 5 heteroatoms. The van der Waals surface area contributed by atoms with E-state index in [9.17, 15) is 13.2 Å². The van der Waals surface area contributed by atoms with Gasteiger partial charge in [-0.15, -0.1) is 0 Å². The normalized spacial score (nSPS) is 24.2. The van der Waals surface area contributed by atoms with Crippen LogP contribution in [0.1, 0.15) is 36.8 Å². The van der Waals surface area contributed by atoms with Crippen molar-refractivity contribution in [2.45, 2.75) is 56.4 Å². The van der Waals surface area contributed by atoms with Gasteiger partial charge in [0.1, 0.15) is 0 Å². The Balaban J connectivity index is 1.65. The minimum atomic E-state index is -4.15. The van der Waals surface area contributed by atoms with Gasteiger partial charge < -0.3 is 10.6 Å². The molecule has 1 saturated heterocycles. The van der Waals surface area contributed by atoms with E-state index < -0.39 is 12.6 Å². The van der Waals surface area contributed by atoms with Gasteiger partial charge in [0.15, 0.2) is 0 Å². The van der Waals surface area contributed by atoms with Crippen LogP contribution in [0, 0.1) is 0 Å². The van der Waals surface area contributed by atoms with Gasteiger partial charge >= 0.3 is 6.18 Å². The Morgan fingerprint density at radius 2 is 1.90 bits per heavy atom. The zero-order valence-electron chi connectivity index (χ0n) is 12.0. The summed E-state index contributed by atoms with van der Waals surface area (Å²) in [6, 6.07) is 7.24. The van der Waals surface area contributed by atoms with E-state index in [0.29, 0.717) is 18.2 Å². The Morgan fingerprint density at radius 3 is 2.52 bits per heavy atom. The molecule has 2 fully saturated rings. The van der Waals surface area contributed by atoms with Gasteiger partial charge in [0, 0.05) is 18.1 Å². The van der Waals surface area contributed by atoms with E-state index in [1.165, 1.54) is 19.3 Å². The van der Waals surface area contributed by atoms with Gasteiger partial charge in [0.05, 0.1) is 6.42 Å². The van der Waals surface area contributed by atoms with Crippen LogP contribution < -0.4 is 10.6 Å². The molecule has 1 atom stereocenters. The minimum absolute atomic E-state index is 0.207. The number of hydrogen-bond acceptors (Lipinski definition) is 2. The number of nitrogens with one attached hydrogen (secondary N) is 2. The maximum atomic E-state index is 12.6. The topological polar surface area (TPSA) is 24.1 Å². The highest BCUT2D eigenvalue weighted by atomic mass is 19.4. The molecule has 2 N–H and O–H groups in total. The lowest BCUT2D eigenvalue weighted by Crippen LogP contribution is -2.57. The van der Waals surface area contributed by atoms with E-state index in [1.54, 1.807) is 18.2 Å². The molecule has 1 aromatic rings. The summed E-state index contributed by atoms with van der Waals surface area (Å²) in [5.41, 5.74) is 1.35. The Morgan fingerprint density at radius 1 is 1.19 bits per heavy atom. The third-order valence-electron chi connectivity index (χ3n) is 4.87. The fraction of sp³-hybridized carbons (Fsp3) is 0.625. The summed E-state index contributed by atoms with van der Waals surface area (Å²) < 4.78 is 37.9. The molecule has 21 heavy (non-hydrogen) atoms. The van der Waals surface area contributed by atoms with Gasteiger partial charge in [-0.1, -0.05) is 24.3 Å². The first-order chi connectivity index (χ1) is 9.99. The van der Waals surface area contributed by atoms with E-state index in [-0.39, 0.29) is 5.54 Å². The van der Waals surface area contributed by atoms with Crippen molar-refractivity contribution in [1.29, 1.82) is 0 Å². The SMILES string of the molecule is FC(F)(F)Cc1ccccc1CNC1CCNC12CCC2. The minimum Gasteiger partial charge on any atom is -0.310 e. The highest BCUT2D eigenvalue weighted by Crippen LogP contribution is 2.39. The van der Waals surface area contributed by atoms with Crippen molar-refractivity contribution in [1.82, 2.24) is 10.6 Å². The first-order valence-corrected chi connectivity index (χ1v) is 7.60. The third-order valence-corrected chi connectivity index (χ3v) is 4.87. The van der Waals surface area contributed by atoms with Crippen molar-refractivity contribution in [3.05, 3.63) is 35.4 Å². The van der Waals surface area contributed by atoms with E-state index >= 15 is 0 Å². The van der Waals surface area contributed by atoms with Crippen LogP contribution in [0.4, 0.5) is 13.2 Å². The first kappa shape index (κ1) is 14.9. The fourth-order valence-corrected chi connectivity index (χ4v) is 3.60. The highest BCUT2D eigenvalue weighted by molar-refractivity contribution is 5.28. The van der Waals surface area contributed by atoms with Crippen LogP contribution in [0.15, 0.2) is 24.3 Å². The molecule has 1 aliphatic heterocycles. The Hall–Kier alpha value is -1.07. The van der Waals surface area contributed by atoms with E-state index in [4.69, 9.17) is 0 Å². The summed E-state index contributed by atoms with van der Waals surface area (Å²) in [6.07, 6.45) is -0.347. The molecule has 0 amide bonds. The van der Waals surface area contributed by atoms with Crippen molar-refractivity contribution in [3.63, 3.8) is 0 Å².